The molecule has 9 heteroatoms. The zero-order valence-corrected chi connectivity index (χ0v) is 18.1. The molecule has 7 nitrogen and oxygen atoms in total. The van der Waals surface area contributed by atoms with Gasteiger partial charge in [0.1, 0.15) is 5.58 Å². The molecule has 1 N–H and O–H groups in total. The highest BCUT2D eigenvalue weighted by Gasteiger charge is 2.36. The number of furan rings is 1. The summed E-state index contributed by atoms with van der Waals surface area (Å²) in [6, 6.07) is 9.02. The van der Waals surface area contributed by atoms with Gasteiger partial charge in [0.2, 0.25) is 0 Å². The lowest BCUT2D eigenvalue weighted by molar-refractivity contribution is -0.0494. The van der Waals surface area contributed by atoms with E-state index < -0.39 is 12.0 Å². The van der Waals surface area contributed by atoms with Gasteiger partial charge in [0, 0.05) is 56.2 Å². The number of hydrogen-bond donors (Lipinski definition) is 1. The SMILES string of the molecule is CNC(=O)Oc1cc2cc(-c3ccc(C(=O)N4CCC(F)(F)CC4)cn3)cc(C3CC3)c2o1. The Hall–Kier alpha value is -3.49. The number of halogens is 2. The zero-order valence-electron chi connectivity index (χ0n) is 18.1. The normalized spacial score (nSPS) is 17.7. The number of benzene rings is 1. The Kier molecular flexibility index (Phi) is 5.26. The van der Waals surface area contributed by atoms with E-state index in [-0.39, 0.29) is 37.8 Å². The first-order valence-corrected chi connectivity index (χ1v) is 10.9. The van der Waals surface area contributed by atoms with Crippen LogP contribution in [0, 0.1) is 0 Å². The lowest BCUT2D eigenvalue weighted by atomic mass is 10.0. The van der Waals surface area contributed by atoms with Crippen LogP contribution in [0.2, 0.25) is 0 Å². The van der Waals surface area contributed by atoms with E-state index in [1.165, 1.54) is 18.1 Å². The van der Waals surface area contributed by atoms with Gasteiger partial charge in [0.25, 0.3) is 17.8 Å². The van der Waals surface area contributed by atoms with Crippen molar-refractivity contribution in [2.75, 3.05) is 20.1 Å². The zero-order chi connectivity index (χ0) is 23.2. The second-order valence-corrected chi connectivity index (χ2v) is 8.54. The van der Waals surface area contributed by atoms with Crippen LogP contribution in [0.4, 0.5) is 13.6 Å². The fourth-order valence-corrected chi connectivity index (χ4v) is 4.11. The van der Waals surface area contributed by atoms with E-state index in [9.17, 15) is 18.4 Å². The van der Waals surface area contributed by atoms with Crippen LogP contribution >= 0.6 is 0 Å². The molecule has 1 saturated heterocycles. The molecule has 2 aromatic heterocycles. The van der Waals surface area contributed by atoms with Crippen LogP contribution < -0.4 is 10.1 Å². The van der Waals surface area contributed by atoms with Crippen molar-refractivity contribution >= 4 is 23.0 Å². The van der Waals surface area contributed by atoms with Crippen molar-refractivity contribution in [3.05, 3.63) is 47.7 Å². The van der Waals surface area contributed by atoms with Gasteiger partial charge in [-0.1, -0.05) is 0 Å². The molecule has 2 aliphatic rings. The largest absolute Gasteiger partial charge is 0.425 e. The summed E-state index contributed by atoms with van der Waals surface area (Å²) in [5.74, 6) is -2.49. The maximum absolute atomic E-state index is 13.4. The van der Waals surface area contributed by atoms with E-state index in [4.69, 9.17) is 9.15 Å². The number of amides is 2. The number of hydrogen-bond acceptors (Lipinski definition) is 5. The predicted octanol–water partition coefficient (Wildman–Crippen LogP) is 4.96. The summed E-state index contributed by atoms with van der Waals surface area (Å²) in [5, 5.41) is 3.18. The van der Waals surface area contributed by atoms with Crippen molar-refractivity contribution in [2.24, 2.45) is 0 Å². The number of fused-ring (bicyclic) bond motifs is 1. The molecule has 0 atom stereocenters. The molecular formula is C24H23F2N3O4. The second kappa shape index (κ2) is 8.13. The van der Waals surface area contributed by atoms with Gasteiger partial charge in [-0.05, 0) is 48.6 Å². The number of carbonyl (C=O) groups is 2. The summed E-state index contributed by atoms with van der Waals surface area (Å²) in [6.07, 6.45) is 2.36. The highest BCUT2D eigenvalue weighted by atomic mass is 19.3. The van der Waals surface area contributed by atoms with Gasteiger partial charge < -0.3 is 19.4 Å². The predicted molar refractivity (Wildman–Crippen MR) is 117 cm³/mol. The van der Waals surface area contributed by atoms with Crippen LogP contribution in [0.5, 0.6) is 5.95 Å². The number of aromatic nitrogens is 1. The highest BCUT2D eigenvalue weighted by molar-refractivity contribution is 5.94. The maximum Gasteiger partial charge on any atom is 0.414 e. The lowest BCUT2D eigenvalue weighted by Crippen LogP contribution is -2.42. The molecule has 5 rings (SSSR count). The number of alkyl halides is 2. The van der Waals surface area contributed by atoms with Gasteiger partial charge in [-0.15, -0.1) is 0 Å². The Bertz CT molecular complexity index is 1210. The molecule has 33 heavy (non-hydrogen) atoms. The Morgan fingerprint density at radius 1 is 1.18 bits per heavy atom. The summed E-state index contributed by atoms with van der Waals surface area (Å²) in [7, 11) is 1.47. The monoisotopic (exact) mass is 455 g/mol. The lowest BCUT2D eigenvalue weighted by Gasteiger charge is -2.31. The second-order valence-electron chi connectivity index (χ2n) is 8.54. The van der Waals surface area contributed by atoms with Gasteiger partial charge >= 0.3 is 6.09 Å². The third kappa shape index (κ3) is 4.40. The molecule has 2 fully saturated rings. The standard InChI is InChI=1S/C24H23F2N3O4/c1-27-23(31)33-20-12-17-10-16(11-18(14-2-3-14)21(17)32-20)19-5-4-15(13-28-19)22(30)29-8-6-24(25,26)7-9-29/h4-5,10-14H,2-3,6-9H2,1H3,(H,27,31). The smallest absolute Gasteiger partial charge is 0.414 e. The maximum atomic E-state index is 13.4. The Balaban J connectivity index is 1.40. The van der Waals surface area contributed by atoms with Crippen molar-refractivity contribution in [3.63, 3.8) is 0 Å². The fourth-order valence-electron chi connectivity index (χ4n) is 4.11. The third-order valence-corrected chi connectivity index (χ3v) is 6.13. The molecule has 0 spiro atoms. The van der Waals surface area contributed by atoms with E-state index in [0.717, 1.165) is 29.4 Å². The minimum Gasteiger partial charge on any atom is -0.425 e. The number of piperidine rings is 1. The van der Waals surface area contributed by atoms with Gasteiger partial charge in [0.05, 0.1) is 11.3 Å². The molecule has 172 valence electrons. The number of nitrogens with zero attached hydrogens (tertiary/aromatic N) is 2. The summed E-state index contributed by atoms with van der Waals surface area (Å²) < 4.78 is 37.7. The molecule has 3 heterocycles. The molecule has 1 aliphatic carbocycles. The van der Waals surface area contributed by atoms with Gasteiger partial charge in [0.15, 0.2) is 0 Å². The first-order valence-electron chi connectivity index (χ1n) is 10.9. The number of carbonyl (C=O) groups excluding carboxylic acids is 2. The van der Waals surface area contributed by atoms with Crippen LogP contribution in [0.3, 0.4) is 0 Å². The Morgan fingerprint density at radius 2 is 1.94 bits per heavy atom. The average molecular weight is 455 g/mol. The van der Waals surface area contributed by atoms with Crippen LogP contribution in [0.25, 0.3) is 22.2 Å². The minimum atomic E-state index is -2.70. The molecule has 0 unspecified atom stereocenters. The number of rotatable bonds is 4. The number of likely N-dealkylation sites (tertiary alicyclic amines) is 1. The van der Waals surface area contributed by atoms with E-state index in [1.54, 1.807) is 18.2 Å². The van der Waals surface area contributed by atoms with Crippen molar-refractivity contribution in [1.29, 1.82) is 0 Å². The number of pyridine rings is 1. The molecule has 1 aromatic carbocycles. The van der Waals surface area contributed by atoms with Crippen molar-refractivity contribution in [3.8, 4) is 17.2 Å². The molecular weight excluding hydrogens is 432 g/mol. The van der Waals surface area contributed by atoms with Crippen LogP contribution in [-0.4, -0.2) is 47.9 Å². The molecule has 3 aromatic rings. The van der Waals surface area contributed by atoms with Crippen molar-refractivity contribution in [1.82, 2.24) is 15.2 Å². The highest BCUT2D eigenvalue weighted by Crippen LogP contribution is 2.46. The molecule has 1 saturated carbocycles. The van der Waals surface area contributed by atoms with Gasteiger partial charge in [-0.2, -0.15) is 0 Å². The van der Waals surface area contributed by atoms with Gasteiger partial charge in [-0.25, -0.2) is 13.6 Å². The topological polar surface area (TPSA) is 84.7 Å². The minimum absolute atomic E-state index is 0.0376. The van der Waals surface area contributed by atoms with Crippen LogP contribution in [0.1, 0.15) is 47.5 Å². The third-order valence-electron chi connectivity index (χ3n) is 6.13. The van der Waals surface area contributed by atoms with E-state index in [0.29, 0.717) is 22.8 Å². The van der Waals surface area contributed by atoms with E-state index >= 15 is 0 Å². The Morgan fingerprint density at radius 3 is 2.58 bits per heavy atom. The first kappa shape index (κ1) is 21.4. The fraction of sp³-hybridized carbons (Fsp3) is 0.375. The average Bonchev–Trinajstić information content (AvgIpc) is 3.57. The van der Waals surface area contributed by atoms with Crippen molar-refractivity contribution in [2.45, 2.75) is 37.5 Å². The number of ether oxygens (including phenoxy) is 1. The quantitative estimate of drug-likeness (QED) is 0.601. The van der Waals surface area contributed by atoms with E-state index in [2.05, 4.69) is 10.3 Å². The van der Waals surface area contributed by atoms with Gasteiger partial charge in [-0.3, -0.25) is 9.78 Å². The molecule has 1 aliphatic heterocycles. The van der Waals surface area contributed by atoms with E-state index in [1.807, 2.05) is 12.1 Å². The molecule has 2 amide bonds. The summed E-state index contributed by atoms with van der Waals surface area (Å²) in [6.45, 7) is 0.0753. The molecule has 0 bridgehead atoms. The number of nitrogens with one attached hydrogen (secondary N) is 1. The summed E-state index contributed by atoms with van der Waals surface area (Å²) in [5.41, 5.74) is 3.63. The Labute approximate surface area is 188 Å². The van der Waals surface area contributed by atoms with Crippen LogP contribution in [0.15, 0.2) is 40.9 Å². The first-order chi connectivity index (χ1) is 15.8. The molecule has 0 radical (unpaired) electrons. The van der Waals surface area contributed by atoms with Crippen LogP contribution in [-0.2, 0) is 0 Å². The summed E-state index contributed by atoms with van der Waals surface area (Å²) >= 11 is 0. The van der Waals surface area contributed by atoms with Crippen molar-refractivity contribution < 1.29 is 27.5 Å². The summed E-state index contributed by atoms with van der Waals surface area (Å²) in [4.78, 5) is 30.1.